The van der Waals surface area contributed by atoms with E-state index in [-0.39, 0.29) is 5.82 Å². The minimum atomic E-state index is -0.299. The second-order valence-electron chi connectivity index (χ2n) is 6.31. The van der Waals surface area contributed by atoms with Crippen LogP contribution in [-0.2, 0) is 6.54 Å². The highest BCUT2D eigenvalue weighted by molar-refractivity contribution is 5.21. The Kier molecular flexibility index (Phi) is 4.47. The zero-order valence-electron chi connectivity index (χ0n) is 13.8. The minimum absolute atomic E-state index is 0.299. The second kappa shape index (κ2) is 7.06. The number of hydrogen-bond acceptors (Lipinski definition) is 5. The Labute approximate surface area is 145 Å². The van der Waals surface area contributed by atoms with E-state index in [2.05, 4.69) is 19.9 Å². The van der Waals surface area contributed by atoms with E-state index in [9.17, 15) is 4.39 Å². The van der Waals surface area contributed by atoms with Gasteiger partial charge in [-0.25, -0.2) is 14.4 Å². The first-order chi connectivity index (χ1) is 12.3. The highest BCUT2D eigenvalue weighted by Crippen LogP contribution is 2.26. The van der Waals surface area contributed by atoms with Gasteiger partial charge >= 0.3 is 0 Å². The van der Waals surface area contributed by atoms with Crippen LogP contribution < -0.4 is 0 Å². The molecule has 0 bridgehead atoms. The minimum Gasteiger partial charge on any atom is -0.297 e. The van der Waals surface area contributed by atoms with E-state index in [1.165, 1.54) is 12.3 Å². The van der Waals surface area contributed by atoms with Gasteiger partial charge in [0.1, 0.15) is 12.1 Å². The Morgan fingerprint density at radius 2 is 2.12 bits per heavy atom. The number of halogens is 1. The largest absolute Gasteiger partial charge is 0.297 e. The lowest BCUT2D eigenvalue weighted by atomic mass is 9.95. The summed E-state index contributed by atoms with van der Waals surface area (Å²) in [7, 11) is 0. The first-order valence-electron chi connectivity index (χ1n) is 8.41. The molecule has 0 aliphatic carbocycles. The Morgan fingerprint density at radius 3 is 2.92 bits per heavy atom. The molecule has 128 valence electrons. The van der Waals surface area contributed by atoms with Gasteiger partial charge in [0.05, 0.1) is 23.8 Å². The van der Waals surface area contributed by atoms with Crippen LogP contribution in [0.15, 0.2) is 49.4 Å². The smallest absolute Gasteiger partial charge is 0.156 e. The van der Waals surface area contributed by atoms with Crippen LogP contribution in [0, 0.1) is 5.82 Å². The summed E-state index contributed by atoms with van der Waals surface area (Å²) in [5, 5.41) is 0. The van der Waals surface area contributed by atoms with Crippen molar-refractivity contribution in [1.29, 1.82) is 0 Å². The summed E-state index contributed by atoms with van der Waals surface area (Å²) < 4.78 is 14.9. The van der Waals surface area contributed by atoms with Crippen molar-refractivity contribution in [1.82, 2.24) is 29.4 Å². The van der Waals surface area contributed by atoms with Gasteiger partial charge in [-0.2, -0.15) is 0 Å². The standard InChI is InChI=1S/C18H19FN6/c19-15-3-4-16(22-8-15)12-24-6-1-2-14(11-24)17-9-21-10-18(23-17)25-7-5-20-13-25/h3-5,7-10,13-14H,1-2,6,11-12H2. The van der Waals surface area contributed by atoms with Crippen LogP contribution in [0.4, 0.5) is 4.39 Å². The number of nitrogens with zero attached hydrogens (tertiary/aromatic N) is 6. The molecule has 0 spiro atoms. The molecule has 7 heteroatoms. The molecule has 1 atom stereocenters. The Hall–Kier alpha value is -2.67. The number of likely N-dealkylation sites (tertiary alicyclic amines) is 1. The van der Waals surface area contributed by atoms with Crippen LogP contribution in [0.3, 0.4) is 0 Å². The summed E-state index contributed by atoms with van der Waals surface area (Å²) in [4.78, 5) is 19.7. The highest BCUT2D eigenvalue weighted by atomic mass is 19.1. The molecule has 4 rings (SSSR count). The third kappa shape index (κ3) is 3.71. The van der Waals surface area contributed by atoms with Gasteiger partial charge in [0.15, 0.2) is 5.82 Å². The van der Waals surface area contributed by atoms with Crippen molar-refractivity contribution < 1.29 is 4.39 Å². The normalized spacial score (nSPS) is 18.4. The molecule has 0 saturated carbocycles. The SMILES string of the molecule is Fc1ccc(CN2CCCC(c3cncc(-n4ccnc4)n3)C2)nc1. The summed E-state index contributed by atoms with van der Waals surface area (Å²) in [6.07, 6.45) is 12.4. The molecule has 1 saturated heterocycles. The fraction of sp³-hybridized carbons (Fsp3) is 0.333. The summed E-state index contributed by atoms with van der Waals surface area (Å²) >= 11 is 0. The van der Waals surface area contributed by atoms with Gasteiger partial charge in [0.25, 0.3) is 0 Å². The molecule has 0 N–H and O–H groups in total. The van der Waals surface area contributed by atoms with Crippen molar-refractivity contribution in [3.63, 3.8) is 0 Å². The van der Waals surface area contributed by atoms with E-state index in [0.717, 1.165) is 49.7 Å². The Bertz CT molecular complexity index is 818. The average molecular weight is 338 g/mol. The van der Waals surface area contributed by atoms with Crippen molar-refractivity contribution in [3.05, 3.63) is 66.6 Å². The van der Waals surface area contributed by atoms with E-state index in [1.54, 1.807) is 24.8 Å². The molecule has 25 heavy (non-hydrogen) atoms. The monoisotopic (exact) mass is 338 g/mol. The predicted octanol–water partition coefficient (Wildman–Crippen LogP) is 2.58. The van der Waals surface area contributed by atoms with E-state index in [4.69, 9.17) is 4.98 Å². The number of aromatic nitrogens is 5. The van der Waals surface area contributed by atoms with Gasteiger partial charge < -0.3 is 0 Å². The molecule has 1 unspecified atom stereocenters. The number of imidazole rings is 1. The lowest BCUT2D eigenvalue weighted by molar-refractivity contribution is 0.196. The fourth-order valence-corrected chi connectivity index (χ4v) is 3.26. The Balaban J connectivity index is 1.47. The maximum absolute atomic E-state index is 13.0. The summed E-state index contributed by atoms with van der Waals surface area (Å²) in [5.41, 5.74) is 1.89. The number of piperidine rings is 1. The molecule has 3 aromatic heterocycles. The molecular weight excluding hydrogens is 319 g/mol. The molecule has 0 radical (unpaired) electrons. The van der Waals surface area contributed by atoms with Crippen molar-refractivity contribution in [3.8, 4) is 5.82 Å². The van der Waals surface area contributed by atoms with Gasteiger partial charge in [-0.3, -0.25) is 19.4 Å². The van der Waals surface area contributed by atoms with Crippen molar-refractivity contribution >= 4 is 0 Å². The first-order valence-corrected chi connectivity index (χ1v) is 8.41. The maximum Gasteiger partial charge on any atom is 0.156 e. The van der Waals surface area contributed by atoms with Crippen molar-refractivity contribution in [2.45, 2.75) is 25.3 Å². The lowest BCUT2D eigenvalue weighted by Gasteiger charge is -2.32. The lowest BCUT2D eigenvalue weighted by Crippen LogP contribution is -2.34. The van der Waals surface area contributed by atoms with Gasteiger partial charge in [-0.1, -0.05) is 0 Å². The van der Waals surface area contributed by atoms with Gasteiger partial charge in [-0.05, 0) is 31.5 Å². The molecule has 1 aliphatic rings. The second-order valence-corrected chi connectivity index (χ2v) is 6.31. The summed E-state index contributed by atoms with van der Waals surface area (Å²) in [6.45, 7) is 2.65. The molecule has 1 fully saturated rings. The third-order valence-corrected chi connectivity index (χ3v) is 4.51. The van der Waals surface area contributed by atoms with Crippen LogP contribution in [-0.4, -0.2) is 42.5 Å². The molecule has 4 heterocycles. The predicted molar refractivity (Wildman–Crippen MR) is 90.6 cm³/mol. The number of pyridine rings is 1. The molecular formula is C18H19FN6. The summed E-state index contributed by atoms with van der Waals surface area (Å²) in [5.74, 6) is 0.823. The van der Waals surface area contributed by atoms with Crippen LogP contribution in [0.1, 0.15) is 30.1 Å². The zero-order chi connectivity index (χ0) is 17.1. The van der Waals surface area contributed by atoms with E-state index in [1.807, 2.05) is 17.0 Å². The van der Waals surface area contributed by atoms with Gasteiger partial charge in [0.2, 0.25) is 0 Å². The zero-order valence-corrected chi connectivity index (χ0v) is 13.8. The van der Waals surface area contributed by atoms with Crippen molar-refractivity contribution in [2.24, 2.45) is 0 Å². The maximum atomic E-state index is 13.0. The molecule has 3 aromatic rings. The first kappa shape index (κ1) is 15.8. The van der Waals surface area contributed by atoms with E-state index >= 15 is 0 Å². The molecule has 0 aromatic carbocycles. The van der Waals surface area contributed by atoms with E-state index in [0.29, 0.717) is 5.92 Å². The quantitative estimate of drug-likeness (QED) is 0.732. The third-order valence-electron chi connectivity index (χ3n) is 4.51. The summed E-state index contributed by atoms with van der Waals surface area (Å²) in [6, 6.07) is 3.21. The Morgan fingerprint density at radius 1 is 1.16 bits per heavy atom. The van der Waals surface area contributed by atoms with Gasteiger partial charge in [0, 0.05) is 37.6 Å². The number of rotatable bonds is 4. The van der Waals surface area contributed by atoms with Crippen LogP contribution in [0.5, 0.6) is 0 Å². The van der Waals surface area contributed by atoms with E-state index < -0.39 is 0 Å². The highest BCUT2D eigenvalue weighted by Gasteiger charge is 2.23. The average Bonchev–Trinajstić information content (AvgIpc) is 3.19. The molecule has 1 aliphatic heterocycles. The van der Waals surface area contributed by atoms with Crippen LogP contribution >= 0.6 is 0 Å². The molecule has 6 nitrogen and oxygen atoms in total. The fourth-order valence-electron chi connectivity index (χ4n) is 3.26. The number of hydrogen-bond donors (Lipinski definition) is 0. The topological polar surface area (TPSA) is 59.7 Å². The van der Waals surface area contributed by atoms with Gasteiger partial charge in [-0.15, -0.1) is 0 Å². The molecule has 0 amide bonds. The van der Waals surface area contributed by atoms with Crippen LogP contribution in [0.25, 0.3) is 5.82 Å². The van der Waals surface area contributed by atoms with Crippen LogP contribution in [0.2, 0.25) is 0 Å². The van der Waals surface area contributed by atoms with Crippen molar-refractivity contribution in [2.75, 3.05) is 13.1 Å².